The molecular weight excluding hydrogens is 332 g/mol. The van der Waals surface area contributed by atoms with E-state index in [1.54, 1.807) is 0 Å². The maximum atomic E-state index is 11.9. The maximum absolute atomic E-state index is 11.9. The van der Waals surface area contributed by atoms with Crippen LogP contribution in [-0.4, -0.2) is 62.5 Å². The van der Waals surface area contributed by atoms with Gasteiger partial charge in [0, 0.05) is 0 Å². The van der Waals surface area contributed by atoms with Crippen molar-refractivity contribution in [2.45, 2.75) is 6.10 Å². The second-order valence-corrected chi connectivity index (χ2v) is 6.47. The molecule has 2 amide bonds. The molecule has 23 heavy (non-hydrogen) atoms. The van der Waals surface area contributed by atoms with Gasteiger partial charge in [-0.05, 0) is 0 Å². The van der Waals surface area contributed by atoms with Gasteiger partial charge in [-0.3, -0.25) is 13.9 Å². The monoisotopic (exact) mass is 344 g/mol. The van der Waals surface area contributed by atoms with E-state index in [1.807, 2.05) is 0 Å². The average Bonchev–Trinajstić information content (AvgIpc) is 2.85. The Morgan fingerprint density at radius 1 is 1.48 bits per heavy atom. The summed E-state index contributed by atoms with van der Waals surface area (Å²) in [6.45, 7) is -0.409. The van der Waals surface area contributed by atoms with Gasteiger partial charge in [-0.1, -0.05) is 0 Å². The zero-order valence-electron chi connectivity index (χ0n) is 11.9. The van der Waals surface area contributed by atoms with Gasteiger partial charge in [-0.15, -0.1) is 0 Å². The molecule has 0 unspecified atom stereocenters. The van der Waals surface area contributed by atoms with E-state index >= 15 is 0 Å². The van der Waals surface area contributed by atoms with E-state index in [4.69, 9.17) is 9.47 Å². The molecule has 0 bridgehead atoms. The van der Waals surface area contributed by atoms with E-state index in [0.29, 0.717) is 0 Å². The topological polar surface area (TPSA) is 137 Å². The standard InChI is InChI=1S/C11H12N4O7S/c1-23(18,19)21-4-6-3-15(11(17)22-6)7-2-12-10-9(13-7)14-8(16)5-20-10/h2,6H,3-5H2,1H3,(H,13,14,16)/t6-/m0/s1. The molecule has 1 aromatic heterocycles. The second kappa shape index (κ2) is 5.62. The molecule has 1 saturated heterocycles. The number of fused-ring (bicyclic) bond motifs is 1. The molecular formula is C11H12N4O7S. The molecule has 1 fully saturated rings. The molecule has 1 atom stereocenters. The Labute approximate surface area is 130 Å². The number of cyclic esters (lactones) is 1. The largest absolute Gasteiger partial charge is 0.465 e. The summed E-state index contributed by atoms with van der Waals surface area (Å²) in [6.07, 6.45) is 0.710. The summed E-state index contributed by atoms with van der Waals surface area (Å²) in [4.78, 5) is 32.3. The van der Waals surface area contributed by atoms with Crippen LogP contribution in [0, 0.1) is 0 Å². The van der Waals surface area contributed by atoms with Crippen molar-refractivity contribution in [3.05, 3.63) is 6.20 Å². The van der Waals surface area contributed by atoms with E-state index in [9.17, 15) is 18.0 Å². The number of rotatable bonds is 4. The zero-order chi connectivity index (χ0) is 16.6. The highest BCUT2D eigenvalue weighted by Crippen LogP contribution is 2.27. The minimum absolute atomic E-state index is 0.0383. The van der Waals surface area contributed by atoms with Crippen LogP contribution in [0.4, 0.5) is 16.4 Å². The van der Waals surface area contributed by atoms with Gasteiger partial charge in [0.1, 0.15) is 12.7 Å². The third-order valence-corrected chi connectivity index (χ3v) is 3.51. The van der Waals surface area contributed by atoms with Gasteiger partial charge in [-0.2, -0.15) is 8.42 Å². The first-order valence-corrected chi connectivity index (χ1v) is 8.26. The second-order valence-electron chi connectivity index (χ2n) is 4.82. The number of hydrogen-bond acceptors (Lipinski definition) is 9. The molecule has 1 aromatic rings. The molecule has 11 nitrogen and oxygen atoms in total. The Bertz CT molecular complexity index is 766. The summed E-state index contributed by atoms with van der Waals surface area (Å²) in [7, 11) is -3.63. The Morgan fingerprint density at radius 3 is 3.00 bits per heavy atom. The lowest BCUT2D eigenvalue weighted by molar-refractivity contribution is -0.118. The Kier molecular flexibility index (Phi) is 3.77. The summed E-state index contributed by atoms with van der Waals surface area (Å²) in [5.41, 5.74) is 0. The Balaban J connectivity index is 1.73. The van der Waals surface area contributed by atoms with Gasteiger partial charge in [0.2, 0.25) is 0 Å². The van der Waals surface area contributed by atoms with E-state index in [2.05, 4.69) is 19.5 Å². The molecule has 0 radical (unpaired) electrons. The van der Waals surface area contributed by atoms with E-state index < -0.39 is 22.3 Å². The van der Waals surface area contributed by atoms with Crippen molar-refractivity contribution in [3.8, 4) is 5.88 Å². The minimum atomic E-state index is -3.63. The number of nitrogens with one attached hydrogen (secondary N) is 1. The Morgan fingerprint density at radius 2 is 2.26 bits per heavy atom. The molecule has 1 N–H and O–H groups in total. The highest BCUT2D eigenvalue weighted by atomic mass is 32.2. The number of nitrogens with zero attached hydrogens (tertiary/aromatic N) is 3. The quantitative estimate of drug-likeness (QED) is 0.689. The molecule has 0 aliphatic carbocycles. The smallest absolute Gasteiger partial charge is 0.416 e. The van der Waals surface area contributed by atoms with Crippen molar-refractivity contribution in [1.82, 2.24) is 9.97 Å². The summed E-state index contributed by atoms with van der Waals surface area (Å²) in [5.74, 6) is 0.00837. The lowest BCUT2D eigenvalue weighted by Gasteiger charge is -2.18. The number of anilines is 2. The van der Waals surface area contributed by atoms with Crippen LogP contribution in [0.25, 0.3) is 0 Å². The molecule has 0 aromatic carbocycles. The van der Waals surface area contributed by atoms with Gasteiger partial charge >= 0.3 is 6.09 Å². The van der Waals surface area contributed by atoms with Crippen LogP contribution < -0.4 is 15.0 Å². The SMILES string of the molecule is CS(=O)(=O)OC[C@@H]1CN(c2cnc3c(n2)NC(=O)CO3)C(=O)O1. The third-order valence-electron chi connectivity index (χ3n) is 2.94. The van der Waals surface area contributed by atoms with E-state index in [1.165, 1.54) is 6.20 Å². The minimum Gasteiger partial charge on any atom is -0.465 e. The van der Waals surface area contributed by atoms with Crippen LogP contribution in [-0.2, 0) is 23.8 Å². The summed E-state index contributed by atoms with van der Waals surface area (Å²) in [6, 6.07) is 0. The highest BCUT2D eigenvalue weighted by molar-refractivity contribution is 7.85. The predicted octanol–water partition coefficient (Wildman–Crippen LogP) is -0.891. The van der Waals surface area contributed by atoms with Gasteiger partial charge in [0.15, 0.2) is 18.2 Å². The molecule has 0 saturated carbocycles. The molecule has 3 rings (SSSR count). The van der Waals surface area contributed by atoms with Crippen LogP contribution >= 0.6 is 0 Å². The Hall–Kier alpha value is -2.47. The lowest BCUT2D eigenvalue weighted by Crippen LogP contribution is -2.30. The van der Waals surface area contributed by atoms with Gasteiger partial charge < -0.3 is 14.8 Å². The number of aromatic nitrogens is 2. The molecule has 3 heterocycles. The average molecular weight is 344 g/mol. The summed E-state index contributed by atoms with van der Waals surface area (Å²) < 4.78 is 36.6. The molecule has 124 valence electrons. The van der Waals surface area contributed by atoms with Gasteiger partial charge in [0.25, 0.3) is 21.9 Å². The van der Waals surface area contributed by atoms with Crippen molar-refractivity contribution in [2.75, 3.05) is 36.2 Å². The van der Waals surface area contributed by atoms with Crippen LogP contribution in [0.15, 0.2) is 6.20 Å². The fraction of sp³-hybridized carbons (Fsp3) is 0.455. The zero-order valence-corrected chi connectivity index (χ0v) is 12.7. The van der Waals surface area contributed by atoms with Gasteiger partial charge in [-0.25, -0.2) is 14.8 Å². The van der Waals surface area contributed by atoms with Gasteiger partial charge in [0.05, 0.1) is 19.0 Å². The van der Waals surface area contributed by atoms with Crippen molar-refractivity contribution in [2.24, 2.45) is 0 Å². The normalized spacial score (nSPS) is 20.6. The van der Waals surface area contributed by atoms with Crippen LogP contribution in [0.1, 0.15) is 0 Å². The number of hydrogen-bond donors (Lipinski definition) is 1. The maximum Gasteiger partial charge on any atom is 0.416 e. The van der Waals surface area contributed by atoms with E-state index in [-0.39, 0.29) is 43.2 Å². The van der Waals surface area contributed by atoms with E-state index in [0.717, 1.165) is 11.2 Å². The summed E-state index contributed by atoms with van der Waals surface area (Å²) in [5, 5.41) is 2.47. The fourth-order valence-electron chi connectivity index (χ4n) is 1.98. The lowest BCUT2D eigenvalue weighted by atomic mass is 10.4. The van der Waals surface area contributed by atoms with Crippen molar-refractivity contribution >= 4 is 33.8 Å². The number of ether oxygens (including phenoxy) is 2. The van der Waals surface area contributed by atoms with Crippen LogP contribution in [0.5, 0.6) is 5.88 Å². The molecule has 0 spiro atoms. The number of amides is 2. The van der Waals surface area contributed by atoms with Crippen molar-refractivity contribution < 1.29 is 31.7 Å². The van der Waals surface area contributed by atoms with Crippen molar-refractivity contribution in [3.63, 3.8) is 0 Å². The first-order valence-electron chi connectivity index (χ1n) is 6.44. The molecule has 12 heteroatoms. The first kappa shape index (κ1) is 15.4. The predicted molar refractivity (Wildman–Crippen MR) is 74.6 cm³/mol. The van der Waals surface area contributed by atoms with Crippen LogP contribution in [0.2, 0.25) is 0 Å². The fourth-order valence-corrected chi connectivity index (χ4v) is 2.38. The first-order chi connectivity index (χ1) is 10.8. The third kappa shape index (κ3) is 3.48. The summed E-state index contributed by atoms with van der Waals surface area (Å²) >= 11 is 0. The molecule has 2 aliphatic heterocycles. The van der Waals surface area contributed by atoms with Crippen LogP contribution in [0.3, 0.4) is 0 Å². The van der Waals surface area contributed by atoms with Crippen molar-refractivity contribution in [1.29, 1.82) is 0 Å². The number of carbonyl (C=O) groups excluding carboxylic acids is 2. The highest BCUT2D eigenvalue weighted by Gasteiger charge is 2.35. The number of carbonyl (C=O) groups is 2. The molecule has 2 aliphatic rings.